The zero-order valence-corrected chi connectivity index (χ0v) is 17.8. The third-order valence-electron chi connectivity index (χ3n) is 5.29. The molecule has 33 heavy (non-hydrogen) atoms. The van der Waals surface area contributed by atoms with Crippen molar-refractivity contribution in [2.75, 3.05) is 25.2 Å². The lowest BCUT2D eigenvalue weighted by Gasteiger charge is -2.33. The average Bonchev–Trinajstić information content (AvgIpc) is 3.14. The van der Waals surface area contributed by atoms with E-state index in [0.717, 1.165) is 9.80 Å². The van der Waals surface area contributed by atoms with Crippen molar-refractivity contribution in [1.29, 1.82) is 0 Å². The molecule has 1 aliphatic heterocycles. The van der Waals surface area contributed by atoms with Gasteiger partial charge in [0.2, 0.25) is 0 Å². The molecule has 1 fully saturated rings. The van der Waals surface area contributed by atoms with Gasteiger partial charge in [-0.1, -0.05) is 36.4 Å². The molecular weight excluding hydrogens is 426 g/mol. The van der Waals surface area contributed by atoms with Gasteiger partial charge in [0, 0.05) is 29.8 Å². The summed E-state index contributed by atoms with van der Waals surface area (Å²) >= 11 is 0. The highest BCUT2D eigenvalue weighted by Gasteiger charge is 2.42. The van der Waals surface area contributed by atoms with E-state index in [4.69, 9.17) is 4.74 Å². The van der Waals surface area contributed by atoms with Gasteiger partial charge in [0.15, 0.2) is 0 Å². The van der Waals surface area contributed by atoms with E-state index in [-0.39, 0.29) is 25.3 Å². The Morgan fingerprint density at radius 3 is 2.39 bits per heavy atom. The summed E-state index contributed by atoms with van der Waals surface area (Å²) in [6, 6.07) is 14.7. The quantitative estimate of drug-likeness (QED) is 0.441. The number of barbiturate groups is 1. The lowest BCUT2D eigenvalue weighted by atomic mass is 10.0. The van der Waals surface area contributed by atoms with Crippen molar-refractivity contribution in [3.05, 3.63) is 71.9 Å². The van der Waals surface area contributed by atoms with Crippen molar-refractivity contribution < 1.29 is 29.0 Å². The van der Waals surface area contributed by atoms with Crippen molar-refractivity contribution in [2.45, 2.75) is 6.54 Å². The van der Waals surface area contributed by atoms with Crippen molar-refractivity contribution >= 4 is 46.5 Å². The highest BCUT2D eigenvalue weighted by Crippen LogP contribution is 2.28. The number of amides is 4. The molecule has 0 atom stereocenters. The van der Waals surface area contributed by atoms with Gasteiger partial charge in [-0.15, -0.1) is 0 Å². The number of nitrogens with zero attached hydrogens (tertiary/aromatic N) is 3. The summed E-state index contributed by atoms with van der Waals surface area (Å²) in [6.45, 7) is -0.192. The minimum absolute atomic E-state index is 0.0249. The first-order valence-corrected chi connectivity index (χ1v) is 10.2. The Labute approximate surface area is 189 Å². The van der Waals surface area contributed by atoms with Gasteiger partial charge in [-0.25, -0.2) is 9.69 Å². The van der Waals surface area contributed by atoms with Gasteiger partial charge < -0.3 is 14.4 Å². The molecule has 1 N–H and O–H groups in total. The van der Waals surface area contributed by atoms with Gasteiger partial charge in [-0.3, -0.25) is 19.3 Å². The molecule has 3 aromatic rings. The van der Waals surface area contributed by atoms with E-state index < -0.39 is 23.8 Å². The number of carbonyl (C=O) groups excluding carboxylic acids is 3. The van der Waals surface area contributed by atoms with E-state index in [1.165, 1.54) is 17.8 Å². The number of aromatic nitrogens is 1. The fourth-order valence-electron chi connectivity index (χ4n) is 3.78. The van der Waals surface area contributed by atoms with Crippen molar-refractivity contribution in [3.63, 3.8) is 0 Å². The molecule has 0 spiro atoms. The number of carbonyl (C=O) groups is 4. The van der Waals surface area contributed by atoms with Crippen LogP contribution in [0.25, 0.3) is 17.0 Å². The second-order valence-corrected chi connectivity index (χ2v) is 7.39. The number of hydrogen-bond donors (Lipinski definition) is 1. The number of hydrogen-bond acceptors (Lipinski definition) is 5. The number of methoxy groups -OCH3 is 1. The lowest BCUT2D eigenvalue weighted by molar-refractivity contribution is -0.137. The maximum Gasteiger partial charge on any atom is 0.338 e. The molecule has 4 amide bonds. The summed E-state index contributed by atoms with van der Waals surface area (Å²) in [5.41, 5.74) is 1.28. The number of anilines is 1. The molecule has 9 nitrogen and oxygen atoms in total. The van der Waals surface area contributed by atoms with Gasteiger partial charge in [0.1, 0.15) is 12.1 Å². The Morgan fingerprint density at radius 2 is 1.70 bits per heavy atom. The molecule has 1 aromatic heterocycles. The predicted octanol–water partition coefficient (Wildman–Crippen LogP) is 2.75. The zero-order valence-electron chi connectivity index (χ0n) is 17.8. The molecule has 0 radical (unpaired) electrons. The van der Waals surface area contributed by atoms with Crippen molar-refractivity contribution in [1.82, 2.24) is 9.47 Å². The smallest absolute Gasteiger partial charge is 0.338 e. The van der Waals surface area contributed by atoms with Crippen LogP contribution < -0.4 is 4.90 Å². The lowest BCUT2D eigenvalue weighted by Crippen LogP contribution is -2.57. The maximum atomic E-state index is 13.3. The molecule has 4 rings (SSSR count). The van der Waals surface area contributed by atoms with Crippen LogP contribution in [0.2, 0.25) is 0 Å². The fraction of sp³-hybridized carbons (Fsp3) is 0.167. The van der Waals surface area contributed by atoms with Crippen LogP contribution in [-0.4, -0.2) is 58.6 Å². The van der Waals surface area contributed by atoms with E-state index >= 15 is 0 Å². The van der Waals surface area contributed by atoms with E-state index in [0.29, 0.717) is 22.2 Å². The molecule has 0 bridgehead atoms. The maximum absolute atomic E-state index is 13.3. The van der Waals surface area contributed by atoms with E-state index in [2.05, 4.69) is 0 Å². The van der Waals surface area contributed by atoms with Crippen LogP contribution >= 0.6 is 0 Å². The Hall–Kier alpha value is -4.24. The molecule has 168 valence electrons. The Kier molecular flexibility index (Phi) is 6.05. The van der Waals surface area contributed by atoms with Crippen LogP contribution in [0.15, 0.2) is 66.4 Å². The van der Waals surface area contributed by atoms with Crippen molar-refractivity contribution in [2.24, 2.45) is 0 Å². The van der Waals surface area contributed by atoms with E-state index in [1.54, 1.807) is 60.8 Å². The summed E-state index contributed by atoms with van der Waals surface area (Å²) in [4.78, 5) is 52.8. The summed E-state index contributed by atoms with van der Waals surface area (Å²) in [6.07, 6.45) is 2.99. The summed E-state index contributed by atoms with van der Waals surface area (Å²) in [5, 5.41) is 9.92. The summed E-state index contributed by atoms with van der Waals surface area (Å²) in [7, 11) is 1.45. The molecule has 0 unspecified atom stereocenters. The number of para-hydroxylation sites is 2. The number of benzene rings is 2. The summed E-state index contributed by atoms with van der Waals surface area (Å²) < 4.78 is 6.56. The topological polar surface area (TPSA) is 109 Å². The van der Waals surface area contributed by atoms with Gasteiger partial charge in [-0.05, 0) is 24.3 Å². The van der Waals surface area contributed by atoms with Crippen molar-refractivity contribution in [3.8, 4) is 0 Å². The standard InChI is InChI=1S/C24H21N3O6/c1-33-12-11-26-22(30)19(23(31)27(24(26)32)17-7-3-2-4-8-17)13-16-14-25(15-21(28)29)20-10-6-5-9-18(16)20/h2-10,13-14H,11-12,15H2,1H3,(H,28,29)/b19-13+. The molecule has 0 saturated carbocycles. The number of carboxylic acids is 1. The first-order chi connectivity index (χ1) is 15.9. The third kappa shape index (κ3) is 4.13. The largest absolute Gasteiger partial charge is 0.480 e. The minimum atomic E-state index is -1.02. The SMILES string of the molecule is COCCN1C(=O)/C(=C\c2cn(CC(=O)O)c3ccccc23)C(=O)N(c2ccccc2)C1=O. The number of ether oxygens (including phenoxy) is 1. The molecular formula is C24H21N3O6. The fourth-order valence-corrected chi connectivity index (χ4v) is 3.78. The van der Waals surface area contributed by atoms with Crippen LogP contribution in [0.5, 0.6) is 0 Å². The Morgan fingerprint density at radius 1 is 1.00 bits per heavy atom. The zero-order chi connectivity index (χ0) is 23.5. The number of urea groups is 1. The first-order valence-electron chi connectivity index (χ1n) is 10.2. The molecule has 2 aromatic carbocycles. The second kappa shape index (κ2) is 9.09. The highest BCUT2D eigenvalue weighted by molar-refractivity contribution is 6.39. The first kappa shape index (κ1) is 22.0. The second-order valence-electron chi connectivity index (χ2n) is 7.39. The third-order valence-corrected chi connectivity index (χ3v) is 5.29. The number of fused-ring (bicyclic) bond motifs is 1. The summed E-state index contributed by atoms with van der Waals surface area (Å²) in [5.74, 6) is -2.50. The Bertz CT molecular complexity index is 1280. The van der Waals surface area contributed by atoms with Gasteiger partial charge in [0.25, 0.3) is 11.8 Å². The van der Waals surface area contributed by atoms with E-state index in [1.807, 2.05) is 0 Å². The van der Waals surface area contributed by atoms with Crippen LogP contribution in [0.1, 0.15) is 5.56 Å². The van der Waals surface area contributed by atoms with Gasteiger partial charge >= 0.3 is 12.0 Å². The van der Waals surface area contributed by atoms with Crippen LogP contribution in [0.3, 0.4) is 0 Å². The molecule has 2 heterocycles. The minimum Gasteiger partial charge on any atom is -0.480 e. The normalized spacial score (nSPS) is 15.7. The number of imide groups is 2. The number of carboxylic acid groups (broad SMARTS) is 1. The Balaban J connectivity index is 1.84. The number of rotatable bonds is 7. The van der Waals surface area contributed by atoms with Crippen LogP contribution in [0.4, 0.5) is 10.5 Å². The molecule has 1 aliphatic rings. The average molecular weight is 447 g/mol. The van der Waals surface area contributed by atoms with Crippen LogP contribution in [-0.2, 0) is 25.7 Å². The van der Waals surface area contributed by atoms with Gasteiger partial charge in [-0.2, -0.15) is 0 Å². The molecule has 1 saturated heterocycles. The van der Waals surface area contributed by atoms with E-state index in [9.17, 15) is 24.3 Å². The highest BCUT2D eigenvalue weighted by atomic mass is 16.5. The molecule has 9 heteroatoms. The monoisotopic (exact) mass is 447 g/mol. The predicted molar refractivity (Wildman–Crippen MR) is 120 cm³/mol. The molecule has 0 aliphatic carbocycles. The number of aliphatic carboxylic acids is 1. The van der Waals surface area contributed by atoms with Crippen LogP contribution in [0, 0.1) is 0 Å². The van der Waals surface area contributed by atoms with Gasteiger partial charge in [0.05, 0.1) is 18.8 Å².